The zero-order valence-corrected chi connectivity index (χ0v) is 34.4. The molecule has 2 aromatic carbocycles. The molecule has 55 heavy (non-hydrogen) atoms. The first-order valence-corrected chi connectivity index (χ1v) is 18.9. The van der Waals surface area contributed by atoms with E-state index in [-0.39, 0.29) is 38.7 Å². The van der Waals surface area contributed by atoms with Crippen LogP contribution in [0.1, 0.15) is 107 Å². The van der Waals surface area contributed by atoms with Gasteiger partial charge in [0, 0.05) is 22.2 Å². The van der Waals surface area contributed by atoms with E-state index < -0.39 is 28.7 Å². The van der Waals surface area contributed by atoms with Gasteiger partial charge in [-0.25, -0.2) is 19.2 Å². The Morgan fingerprint density at radius 3 is 1.47 bits per heavy atom. The topological polar surface area (TPSA) is 146 Å². The molecule has 0 saturated carbocycles. The van der Waals surface area contributed by atoms with Crippen LogP contribution < -0.4 is 19.9 Å². The summed E-state index contributed by atoms with van der Waals surface area (Å²) in [5.41, 5.74) is 13.1. The average molecular weight is 768 g/mol. The standard InChI is InChI=1S/C24H26FN3O3S.C19H24N2O2/c1-14-12-15(2)21(16(3)13-14)31-23-17(10-11-18(26-23)24(4,5)6)22(29)28-32(30)20-9-7-8-19(25)27-20;1-11-9-12(2)16(13(3)10-11)23-18-14(17(20)22)7-8-15(21-18)19(4,5)6/h7-13H,1-6H3,(H,28,29);7-10H,1-6H3,(H2,20,22). The second-order valence-electron chi connectivity index (χ2n) is 15.6. The van der Waals surface area contributed by atoms with Gasteiger partial charge in [-0.2, -0.15) is 4.39 Å². The van der Waals surface area contributed by atoms with E-state index in [2.05, 4.69) is 40.4 Å². The summed E-state index contributed by atoms with van der Waals surface area (Å²) >= 11 is 0. The molecular formula is C43H50FN5O5S. The quantitative estimate of drug-likeness (QED) is 0.149. The van der Waals surface area contributed by atoms with E-state index in [0.717, 1.165) is 51.0 Å². The summed E-state index contributed by atoms with van der Waals surface area (Å²) in [6, 6.07) is 18.8. The lowest BCUT2D eigenvalue weighted by Crippen LogP contribution is -2.27. The first-order chi connectivity index (χ1) is 25.5. The molecule has 1 atom stereocenters. The Hall–Kier alpha value is -5.49. The Labute approximate surface area is 325 Å². The first-order valence-electron chi connectivity index (χ1n) is 17.7. The van der Waals surface area contributed by atoms with Crippen LogP contribution in [0.3, 0.4) is 0 Å². The van der Waals surface area contributed by atoms with Crippen molar-refractivity contribution in [3.05, 3.63) is 129 Å². The second-order valence-corrected chi connectivity index (χ2v) is 16.8. The molecule has 3 N–H and O–H groups in total. The lowest BCUT2D eigenvalue weighted by Gasteiger charge is -2.21. The number of hydrogen-bond acceptors (Lipinski definition) is 8. The van der Waals surface area contributed by atoms with E-state index >= 15 is 0 Å². The van der Waals surface area contributed by atoms with Gasteiger partial charge in [-0.3, -0.25) is 14.3 Å². The zero-order chi connectivity index (χ0) is 41.0. The summed E-state index contributed by atoms with van der Waals surface area (Å²) in [5, 5.41) is -0.0923. The summed E-state index contributed by atoms with van der Waals surface area (Å²) in [5.74, 6) is -0.298. The van der Waals surface area contributed by atoms with E-state index in [1.165, 1.54) is 17.7 Å². The lowest BCUT2D eigenvalue weighted by atomic mass is 9.91. The van der Waals surface area contributed by atoms with Gasteiger partial charge in [0.2, 0.25) is 17.7 Å². The largest absolute Gasteiger partial charge is 0.438 e. The minimum atomic E-state index is -2.05. The monoisotopic (exact) mass is 767 g/mol. The number of amides is 2. The number of aryl methyl sites for hydroxylation is 6. The van der Waals surface area contributed by atoms with E-state index in [1.807, 2.05) is 92.6 Å². The SMILES string of the molecule is Cc1cc(C)c(Oc2nc(C(C)(C)C)ccc2C(=O)NS(=O)c2cccc(F)n2)c(C)c1.Cc1cc(C)c(Oc2nc(C(C)(C)C)ccc2C(N)=O)c(C)c1. The summed E-state index contributed by atoms with van der Waals surface area (Å²) in [6.07, 6.45) is 0. The number of aromatic nitrogens is 3. The molecule has 3 aromatic heterocycles. The molecule has 0 aliphatic carbocycles. The van der Waals surface area contributed by atoms with Crippen LogP contribution in [0.5, 0.6) is 23.3 Å². The summed E-state index contributed by atoms with van der Waals surface area (Å²) < 4.78 is 40.4. The highest BCUT2D eigenvalue weighted by molar-refractivity contribution is 7.83. The number of pyridine rings is 3. The van der Waals surface area contributed by atoms with Crippen molar-refractivity contribution in [3.8, 4) is 23.3 Å². The van der Waals surface area contributed by atoms with Crippen molar-refractivity contribution in [2.45, 2.75) is 98.9 Å². The van der Waals surface area contributed by atoms with Crippen molar-refractivity contribution < 1.29 is 27.7 Å². The van der Waals surface area contributed by atoms with Gasteiger partial charge >= 0.3 is 0 Å². The Morgan fingerprint density at radius 1 is 0.655 bits per heavy atom. The first kappa shape index (κ1) is 42.3. The molecule has 1 unspecified atom stereocenters. The number of nitrogens with two attached hydrogens (primary N) is 1. The molecular weight excluding hydrogens is 718 g/mol. The fourth-order valence-corrected chi connectivity index (χ4v) is 6.52. The van der Waals surface area contributed by atoms with Crippen LogP contribution in [-0.4, -0.2) is 31.0 Å². The van der Waals surface area contributed by atoms with Crippen LogP contribution in [0.4, 0.5) is 4.39 Å². The highest BCUT2D eigenvalue weighted by Gasteiger charge is 2.24. The molecule has 12 heteroatoms. The molecule has 0 aliphatic rings. The van der Waals surface area contributed by atoms with Gasteiger partial charge in [0.05, 0.1) is 0 Å². The Kier molecular flexibility index (Phi) is 13.0. The molecule has 290 valence electrons. The van der Waals surface area contributed by atoms with Gasteiger partial charge in [0.1, 0.15) is 22.6 Å². The maximum Gasteiger partial charge on any atom is 0.268 e. The predicted octanol–water partition coefficient (Wildman–Crippen LogP) is 9.28. The summed E-state index contributed by atoms with van der Waals surface area (Å²) in [7, 11) is -2.05. The number of nitrogens with one attached hydrogen (secondary N) is 1. The number of benzene rings is 2. The number of nitrogens with zero attached hydrogens (tertiary/aromatic N) is 3. The Morgan fingerprint density at radius 2 is 1.07 bits per heavy atom. The van der Waals surface area contributed by atoms with Crippen LogP contribution >= 0.6 is 0 Å². The molecule has 0 saturated heterocycles. The predicted molar refractivity (Wildman–Crippen MR) is 214 cm³/mol. The molecule has 0 bridgehead atoms. The van der Waals surface area contributed by atoms with Crippen LogP contribution in [0, 0.1) is 47.5 Å². The van der Waals surface area contributed by atoms with Crippen LogP contribution in [0.15, 0.2) is 71.8 Å². The Balaban J connectivity index is 0.000000258. The van der Waals surface area contributed by atoms with Gasteiger partial charge in [-0.05, 0) is 100 Å². The normalized spacial score (nSPS) is 11.9. The lowest BCUT2D eigenvalue weighted by molar-refractivity contribution is 0.0976. The highest BCUT2D eigenvalue weighted by atomic mass is 32.2. The van der Waals surface area contributed by atoms with Crippen LogP contribution in [0.2, 0.25) is 0 Å². The minimum Gasteiger partial charge on any atom is -0.438 e. The molecule has 0 aliphatic heterocycles. The number of carbonyl (C=O) groups is 2. The molecule has 2 amide bonds. The van der Waals surface area contributed by atoms with Gasteiger partial charge < -0.3 is 15.2 Å². The van der Waals surface area contributed by atoms with E-state index in [4.69, 9.17) is 15.2 Å². The van der Waals surface area contributed by atoms with Gasteiger partial charge in [0.15, 0.2) is 16.0 Å². The fraction of sp³-hybridized carbons (Fsp3) is 0.326. The molecule has 5 rings (SSSR count). The van der Waals surface area contributed by atoms with Crippen molar-refractivity contribution >= 4 is 22.8 Å². The van der Waals surface area contributed by atoms with E-state index in [1.54, 1.807) is 18.2 Å². The smallest absolute Gasteiger partial charge is 0.268 e. The second kappa shape index (κ2) is 16.9. The van der Waals surface area contributed by atoms with Gasteiger partial charge in [-0.1, -0.05) is 83.0 Å². The van der Waals surface area contributed by atoms with Crippen molar-refractivity contribution in [3.63, 3.8) is 0 Å². The van der Waals surface area contributed by atoms with Crippen molar-refractivity contribution in [1.82, 2.24) is 19.7 Å². The van der Waals surface area contributed by atoms with E-state index in [9.17, 15) is 18.2 Å². The third-order valence-electron chi connectivity index (χ3n) is 8.44. The maximum atomic E-state index is 13.4. The van der Waals surface area contributed by atoms with Crippen molar-refractivity contribution in [2.24, 2.45) is 5.73 Å². The maximum absolute atomic E-state index is 13.4. The number of hydrogen-bond donors (Lipinski definition) is 2. The number of ether oxygens (including phenoxy) is 2. The van der Waals surface area contributed by atoms with Crippen LogP contribution in [0.25, 0.3) is 0 Å². The van der Waals surface area contributed by atoms with E-state index in [0.29, 0.717) is 5.75 Å². The summed E-state index contributed by atoms with van der Waals surface area (Å²) in [6.45, 7) is 24.0. The third kappa shape index (κ3) is 10.8. The molecule has 0 radical (unpaired) electrons. The molecule has 0 fully saturated rings. The molecule has 10 nitrogen and oxygen atoms in total. The number of primary amides is 1. The molecule has 5 aromatic rings. The number of rotatable bonds is 8. The highest BCUT2D eigenvalue weighted by Crippen LogP contribution is 2.34. The van der Waals surface area contributed by atoms with Crippen molar-refractivity contribution in [1.29, 1.82) is 0 Å². The number of halogens is 1. The molecule has 3 heterocycles. The van der Waals surface area contributed by atoms with Crippen molar-refractivity contribution in [2.75, 3.05) is 0 Å². The summed E-state index contributed by atoms with van der Waals surface area (Å²) in [4.78, 5) is 37.4. The van der Waals surface area contributed by atoms with Gasteiger partial charge in [0.25, 0.3) is 11.8 Å². The fourth-order valence-electron chi connectivity index (χ4n) is 5.77. The van der Waals surface area contributed by atoms with Gasteiger partial charge in [-0.15, -0.1) is 0 Å². The third-order valence-corrected chi connectivity index (χ3v) is 9.42. The average Bonchev–Trinajstić information content (AvgIpc) is 3.07. The zero-order valence-electron chi connectivity index (χ0n) is 33.6. The van der Waals surface area contributed by atoms with Crippen LogP contribution in [-0.2, 0) is 21.8 Å². The minimum absolute atomic E-state index is 0.0923. The number of carbonyl (C=O) groups excluding carboxylic acids is 2. The Bertz CT molecular complexity index is 2230. The molecule has 0 spiro atoms.